The van der Waals surface area contributed by atoms with E-state index in [0.29, 0.717) is 27.8 Å². The van der Waals surface area contributed by atoms with Gasteiger partial charge in [-0.05, 0) is 48.4 Å². The molecule has 2 aromatic rings. The standard InChI is InChI=1S/C17H13ClFNO3/c1-10-2-4-12(19)8-14(10)20-16(21)5-3-11-6-13(18)17-15(7-11)22-9-23-17/h2-8H,9H2,1H3,(H,20,21)/b5-3+. The van der Waals surface area contributed by atoms with Crippen molar-refractivity contribution in [2.45, 2.75) is 6.92 Å². The average Bonchev–Trinajstić information content (AvgIpc) is 2.98. The summed E-state index contributed by atoms with van der Waals surface area (Å²) in [4.78, 5) is 12.0. The Labute approximate surface area is 137 Å². The van der Waals surface area contributed by atoms with E-state index in [9.17, 15) is 9.18 Å². The zero-order valence-electron chi connectivity index (χ0n) is 12.2. The van der Waals surface area contributed by atoms with Gasteiger partial charge in [-0.2, -0.15) is 0 Å². The fourth-order valence-electron chi connectivity index (χ4n) is 2.16. The Morgan fingerprint density at radius 1 is 1.30 bits per heavy atom. The largest absolute Gasteiger partial charge is 0.454 e. The first-order chi connectivity index (χ1) is 11.0. The number of rotatable bonds is 3. The van der Waals surface area contributed by atoms with E-state index in [4.69, 9.17) is 21.1 Å². The summed E-state index contributed by atoms with van der Waals surface area (Å²) in [5.41, 5.74) is 1.91. The molecule has 0 fully saturated rings. The summed E-state index contributed by atoms with van der Waals surface area (Å²) in [5, 5.41) is 3.05. The van der Waals surface area contributed by atoms with Crippen molar-refractivity contribution in [1.29, 1.82) is 0 Å². The summed E-state index contributed by atoms with van der Waals surface area (Å²) in [5.74, 6) is 0.270. The van der Waals surface area contributed by atoms with Gasteiger partial charge in [0.1, 0.15) is 5.82 Å². The third kappa shape index (κ3) is 3.46. The molecule has 118 valence electrons. The van der Waals surface area contributed by atoms with Crippen molar-refractivity contribution in [1.82, 2.24) is 0 Å². The molecule has 0 unspecified atom stereocenters. The molecule has 0 aromatic heterocycles. The Morgan fingerprint density at radius 2 is 2.13 bits per heavy atom. The number of carbonyl (C=O) groups is 1. The number of ether oxygens (including phenoxy) is 2. The monoisotopic (exact) mass is 333 g/mol. The van der Waals surface area contributed by atoms with Crippen LogP contribution in [0, 0.1) is 12.7 Å². The molecule has 0 bridgehead atoms. The van der Waals surface area contributed by atoms with Gasteiger partial charge in [0, 0.05) is 11.8 Å². The predicted octanol–water partition coefficient (Wildman–Crippen LogP) is 4.17. The Kier molecular flexibility index (Phi) is 4.21. The minimum atomic E-state index is -0.405. The van der Waals surface area contributed by atoms with Crippen molar-refractivity contribution in [3.63, 3.8) is 0 Å². The fourth-order valence-corrected chi connectivity index (χ4v) is 2.43. The third-order valence-electron chi connectivity index (χ3n) is 3.33. The van der Waals surface area contributed by atoms with Gasteiger partial charge in [-0.1, -0.05) is 17.7 Å². The van der Waals surface area contributed by atoms with Crippen molar-refractivity contribution in [3.05, 3.63) is 58.4 Å². The first kappa shape index (κ1) is 15.4. The summed E-state index contributed by atoms with van der Waals surface area (Å²) in [6.07, 6.45) is 2.94. The van der Waals surface area contributed by atoms with Crippen LogP contribution in [0.25, 0.3) is 6.08 Å². The number of aryl methyl sites for hydroxylation is 1. The highest BCUT2D eigenvalue weighted by atomic mass is 35.5. The first-order valence-corrected chi connectivity index (χ1v) is 7.25. The third-order valence-corrected chi connectivity index (χ3v) is 3.61. The van der Waals surface area contributed by atoms with E-state index in [1.54, 1.807) is 31.2 Å². The minimum absolute atomic E-state index is 0.127. The molecular formula is C17H13ClFNO3. The smallest absolute Gasteiger partial charge is 0.248 e. The van der Waals surface area contributed by atoms with E-state index in [1.807, 2.05) is 0 Å². The van der Waals surface area contributed by atoms with Crippen molar-refractivity contribution in [3.8, 4) is 11.5 Å². The van der Waals surface area contributed by atoms with Crippen LogP contribution in [0.2, 0.25) is 5.02 Å². The molecule has 1 amide bonds. The molecule has 0 saturated carbocycles. The maximum Gasteiger partial charge on any atom is 0.248 e. The molecule has 1 N–H and O–H groups in total. The van der Waals surface area contributed by atoms with E-state index in [-0.39, 0.29) is 12.7 Å². The minimum Gasteiger partial charge on any atom is -0.454 e. The summed E-state index contributed by atoms with van der Waals surface area (Å²) in [6.45, 7) is 1.91. The van der Waals surface area contributed by atoms with Crippen LogP contribution in [-0.4, -0.2) is 12.7 Å². The maximum absolute atomic E-state index is 13.2. The lowest BCUT2D eigenvalue weighted by Crippen LogP contribution is -2.09. The lowest BCUT2D eigenvalue weighted by Gasteiger charge is -2.06. The fraction of sp³-hybridized carbons (Fsp3) is 0.118. The molecular weight excluding hydrogens is 321 g/mol. The quantitative estimate of drug-likeness (QED) is 0.858. The molecule has 4 nitrogen and oxygen atoms in total. The molecule has 1 aliphatic heterocycles. The van der Waals surface area contributed by atoms with Gasteiger partial charge in [-0.25, -0.2) is 4.39 Å². The highest BCUT2D eigenvalue weighted by molar-refractivity contribution is 6.32. The predicted molar refractivity (Wildman–Crippen MR) is 86.4 cm³/mol. The summed E-state index contributed by atoms with van der Waals surface area (Å²) in [6, 6.07) is 7.62. The van der Waals surface area contributed by atoms with E-state index in [2.05, 4.69) is 5.32 Å². The highest BCUT2D eigenvalue weighted by Gasteiger charge is 2.17. The second-order valence-corrected chi connectivity index (χ2v) is 5.43. The van der Waals surface area contributed by atoms with Crippen LogP contribution in [0.4, 0.5) is 10.1 Å². The van der Waals surface area contributed by atoms with E-state index >= 15 is 0 Å². The molecule has 2 aromatic carbocycles. The SMILES string of the molecule is Cc1ccc(F)cc1NC(=O)/C=C/c1cc(Cl)c2c(c1)OCO2. The molecule has 1 heterocycles. The van der Waals surface area contributed by atoms with Crippen LogP contribution in [-0.2, 0) is 4.79 Å². The molecule has 3 rings (SSSR count). The van der Waals surface area contributed by atoms with Crippen molar-refractivity contribution < 1.29 is 18.7 Å². The van der Waals surface area contributed by atoms with Crippen LogP contribution in [0.3, 0.4) is 0 Å². The van der Waals surface area contributed by atoms with E-state index in [0.717, 1.165) is 5.56 Å². The number of nitrogens with one attached hydrogen (secondary N) is 1. The Morgan fingerprint density at radius 3 is 2.96 bits per heavy atom. The van der Waals surface area contributed by atoms with Gasteiger partial charge in [0.15, 0.2) is 11.5 Å². The topological polar surface area (TPSA) is 47.6 Å². The van der Waals surface area contributed by atoms with E-state index < -0.39 is 5.82 Å². The van der Waals surface area contributed by atoms with Crippen molar-refractivity contribution >= 4 is 29.3 Å². The second-order valence-electron chi connectivity index (χ2n) is 5.02. The molecule has 0 saturated heterocycles. The van der Waals surface area contributed by atoms with Gasteiger partial charge in [0.2, 0.25) is 12.7 Å². The summed E-state index contributed by atoms with van der Waals surface area (Å²) in [7, 11) is 0. The lowest BCUT2D eigenvalue weighted by atomic mass is 10.1. The van der Waals surface area contributed by atoms with Crippen LogP contribution in [0.1, 0.15) is 11.1 Å². The lowest BCUT2D eigenvalue weighted by molar-refractivity contribution is -0.111. The summed E-state index contributed by atoms with van der Waals surface area (Å²) < 4.78 is 23.7. The van der Waals surface area contributed by atoms with Gasteiger partial charge >= 0.3 is 0 Å². The van der Waals surface area contributed by atoms with Gasteiger partial charge in [0.25, 0.3) is 0 Å². The number of amides is 1. The van der Waals surface area contributed by atoms with Crippen LogP contribution in [0.5, 0.6) is 11.5 Å². The average molecular weight is 334 g/mol. The zero-order valence-corrected chi connectivity index (χ0v) is 13.0. The number of benzene rings is 2. The van der Waals surface area contributed by atoms with E-state index in [1.165, 1.54) is 18.2 Å². The van der Waals surface area contributed by atoms with Crippen LogP contribution in [0.15, 0.2) is 36.4 Å². The van der Waals surface area contributed by atoms with Gasteiger partial charge in [-0.15, -0.1) is 0 Å². The van der Waals surface area contributed by atoms with Crippen LogP contribution < -0.4 is 14.8 Å². The number of hydrogen-bond acceptors (Lipinski definition) is 3. The van der Waals surface area contributed by atoms with Gasteiger partial charge < -0.3 is 14.8 Å². The number of halogens is 2. The number of anilines is 1. The van der Waals surface area contributed by atoms with Crippen LogP contribution >= 0.6 is 11.6 Å². The van der Waals surface area contributed by atoms with Crippen molar-refractivity contribution in [2.24, 2.45) is 0 Å². The number of hydrogen-bond donors (Lipinski definition) is 1. The Balaban J connectivity index is 1.74. The molecule has 0 atom stereocenters. The zero-order chi connectivity index (χ0) is 16.4. The normalized spacial score (nSPS) is 12.7. The second kappa shape index (κ2) is 6.30. The number of carbonyl (C=O) groups excluding carboxylic acids is 1. The van der Waals surface area contributed by atoms with Crippen molar-refractivity contribution in [2.75, 3.05) is 12.1 Å². The number of fused-ring (bicyclic) bond motifs is 1. The Hall–Kier alpha value is -2.53. The maximum atomic E-state index is 13.2. The first-order valence-electron chi connectivity index (χ1n) is 6.87. The Bertz CT molecular complexity index is 805. The molecule has 6 heteroatoms. The molecule has 0 radical (unpaired) electrons. The van der Waals surface area contributed by atoms with Gasteiger partial charge in [-0.3, -0.25) is 4.79 Å². The molecule has 0 spiro atoms. The molecule has 0 aliphatic carbocycles. The van der Waals surface area contributed by atoms with Gasteiger partial charge in [0.05, 0.1) is 5.02 Å². The summed E-state index contributed by atoms with van der Waals surface area (Å²) >= 11 is 6.08. The molecule has 1 aliphatic rings. The molecule has 23 heavy (non-hydrogen) atoms. The highest BCUT2D eigenvalue weighted by Crippen LogP contribution is 2.40.